The predicted octanol–water partition coefficient (Wildman–Crippen LogP) is 3.07. The van der Waals surface area contributed by atoms with Gasteiger partial charge in [-0.1, -0.05) is 49.4 Å². The molecule has 0 aromatic heterocycles. The van der Waals surface area contributed by atoms with Gasteiger partial charge in [-0.2, -0.15) is 0 Å². The van der Waals surface area contributed by atoms with Crippen LogP contribution in [0.1, 0.15) is 68.3 Å². The fraction of sp³-hybridized carbons (Fsp3) is 0.455. The van der Waals surface area contributed by atoms with E-state index in [1.807, 2.05) is 6.07 Å². The first-order valence-corrected chi connectivity index (χ1v) is 15.1. The predicted molar refractivity (Wildman–Crippen MR) is 162 cm³/mol. The average molecular weight is 602 g/mol. The topological polar surface area (TPSA) is 138 Å². The van der Waals surface area contributed by atoms with E-state index in [0.29, 0.717) is 43.5 Å². The van der Waals surface area contributed by atoms with Gasteiger partial charge in [-0.25, -0.2) is 9.64 Å². The number of carbonyl (C=O) groups excluding carboxylic acids is 5. The van der Waals surface area contributed by atoms with Gasteiger partial charge in [0.05, 0.1) is 18.7 Å². The van der Waals surface area contributed by atoms with Gasteiger partial charge in [0.15, 0.2) is 5.69 Å². The second-order valence-corrected chi connectivity index (χ2v) is 11.4. The lowest BCUT2D eigenvalue weighted by Crippen LogP contribution is -2.65. The molecule has 232 valence electrons. The van der Waals surface area contributed by atoms with Gasteiger partial charge in [0.25, 0.3) is 0 Å². The van der Waals surface area contributed by atoms with Crippen LogP contribution in [-0.2, 0) is 30.3 Å². The summed E-state index contributed by atoms with van der Waals surface area (Å²) >= 11 is 0. The number of nitrogens with zero attached hydrogens (tertiary/aromatic N) is 2. The Labute approximate surface area is 257 Å². The number of rotatable bonds is 9. The van der Waals surface area contributed by atoms with Crippen molar-refractivity contribution in [3.63, 3.8) is 0 Å². The van der Waals surface area contributed by atoms with Gasteiger partial charge in [-0.3, -0.25) is 19.2 Å². The Morgan fingerprint density at radius 1 is 1.00 bits per heavy atom. The van der Waals surface area contributed by atoms with Crippen LogP contribution in [0.2, 0.25) is 0 Å². The molecule has 4 amide bonds. The van der Waals surface area contributed by atoms with Gasteiger partial charge in [-0.15, -0.1) is 0 Å². The third-order valence-corrected chi connectivity index (χ3v) is 8.32. The van der Waals surface area contributed by atoms with Crippen molar-refractivity contribution in [2.45, 2.75) is 82.5 Å². The Hall–Kier alpha value is -4.72. The maximum Gasteiger partial charge on any atom is 0.338 e. The number of benzene rings is 2. The highest BCUT2D eigenvalue weighted by Gasteiger charge is 2.43. The van der Waals surface area contributed by atoms with E-state index >= 15 is 0 Å². The Morgan fingerprint density at radius 2 is 1.73 bits per heavy atom. The molecule has 0 aliphatic carbocycles. The van der Waals surface area contributed by atoms with Crippen LogP contribution in [0.5, 0.6) is 0 Å². The van der Waals surface area contributed by atoms with Gasteiger partial charge in [0.1, 0.15) is 23.7 Å². The third kappa shape index (κ3) is 7.81. The van der Waals surface area contributed by atoms with E-state index in [1.54, 1.807) is 62.4 Å². The van der Waals surface area contributed by atoms with Crippen LogP contribution >= 0.6 is 0 Å². The number of fused-ring (bicyclic) bond motifs is 1. The lowest BCUT2D eigenvalue weighted by Gasteiger charge is -2.36. The van der Waals surface area contributed by atoms with Gasteiger partial charge >= 0.3 is 5.97 Å². The second kappa shape index (κ2) is 14.6. The lowest BCUT2D eigenvalue weighted by molar-refractivity contribution is -0.144. The molecule has 11 nitrogen and oxygen atoms in total. The Bertz CT molecular complexity index is 1410. The Kier molecular flexibility index (Phi) is 10.7. The van der Waals surface area contributed by atoms with Crippen LogP contribution in [-0.4, -0.2) is 71.3 Å². The molecule has 44 heavy (non-hydrogen) atoms. The molecule has 2 aromatic carbocycles. The molecule has 2 aliphatic rings. The summed E-state index contributed by atoms with van der Waals surface area (Å²) in [4.78, 5) is 71.7. The smallest absolute Gasteiger partial charge is 0.338 e. The first kappa shape index (κ1) is 32.2. The van der Waals surface area contributed by atoms with Gasteiger partial charge in [0.2, 0.25) is 23.6 Å². The molecule has 2 heterocycles. The van der Waals surface area contributed by atoms with Crippen LogP contribution < -0.4 is 16.0 Å². The van der Waals surface area contributed by atoms with Gasteiger partial charge in [0, 0.05) is 13.0 Å². The zero-order valence-electron chi connectivity index (χ0n) is 25.1. The minimum absolute atomic E-state index is 0.151. The molecular formula is C33H39N5O6. The van der Waals surface area contributed by atoms with Gasteiger partial charge in [-0.05, 0) is 63.1 Å². The summed E-state index contributed by atoms with van der Waals surface area (Å²) in [6.45, 7) is 11.0. The molecule has 2 saturated heterocycles. The van der Waals surface area contributed by atoms with E-state index in [0.717, 1.165) is 5.56 Å². The monoisotopic (exact) mass is 601 g/mol. The maximum atomic E-state index is 13.9. The molecule has 0 spiro atoms. The van der Waals surface area contributed by atoms with Crippen LogP contribution in [0.4, 0.5) is 5.69 Å². The molecule has 2 aromatic rings. The third-order valence-electron chi connectivity index (χ3n) is 8.32. The minimum atomic E-state index is -1.35. The SMILES string of the molecule is [C-]#[N+]c1ccc(C[C@@H]2NC(=O)[C@](C)(CC)NC(=O)[C@H](CCCCOC(=O)c3ccccc3)NC(=O)[C@H]3CCCN3C2=O)cc1. The van der Waals surface area contributed by atoms with Crippen molar-refractivity contribution in [1.29, 1.82) is 0 Å². The summed E-state index contributed by atoms with van der Waals surface area (Å²) < 4.78 is 5.34. The molecule has 2 fully saturated rings. The summed E-state index contributed by atoms with van der Waals surface area (Å²) in [7, 11) is 0. The number of nitrogens with one attached hydrogen (secondary N) is 3. The van der Waals surface area contributed by atoms with Crippen LogP contribution in [0.3, 0.4) is 0 Å². The van der Waals surface area contributed by atoms with Crippen molar-refractivity contribution in [2.75, 3.05) is 13.2 Å². The van der Waals surface area contributed by atoms with Crippen molar-refractivity contribution >= 4 is 35.3 Å². The molecule has 0 bridgehead atoms. The van der Waals surface area contributed by atoms with E-state index in [4.69, 9.17) is 11.3 Å². The van der Waals surface area contributed by atoms with Crippen LogP contribution in [0.25, 0.3) is 4.85 Å². The van der Waals surface area contributed by atoms with Crippen molar-refractivity contribution in [1.82, 2.24) is 20.9 Å². The van der Waals surface area contributed by atoms with Crippen molar-refractivity contribution in [2.24, 2.45) is 0 Å². The first-order valence-electron chi connectivity index (χ1n) is 15.1. The molecule has 4 rings (SSSR count). The first-order chi connectivity index (χ1) is 21.1. The quantitative estimate of drug-likeness (QED) is 0.230. The molecule has 11 heteroatoms. The van der Waals surface area contributed by atoms with E-state index in [9.17, 15) is 24.0 Å². The largest absolute Gasteiger partial charge is 0.462 e. The normalized spacial score (nSPS) is 24.1. The summed E-state index contributed by atoms with van der Waals surface area (Å²) in [5.41, 5.74) is 0.316. The highest BCUT2D eigenvalue weighted by Crippen LogP contribution is 2.23. The summed E-state index contributed by atoms with van der Waals surface area (Å²) in [6, 6.07) is 12.8. The standard InChI is InChI=1S/C33H39N5O6/c1-4-33(2)32(43)36-26(21-22-15-17-24(34-3)18-16-22)30(41)38-19-10-14-27(38)29(40)35-25(28(39)37-33)13-8-9-20-44-31(42)23-11-6-5-7-12-23/h5-7,11-12,15-18,25-27H,4,8-10,13-14,19-21H2,1-2H3,(H,35,40)(H,36,43)(H,37,39)/t25-,26-,27+,33-/m0/s1. The van der Waals surface area contributed by atoms with E-state index in [1.165, 1.54) is 4.90 Å². The molecule has 4 atom stereocenters. The van der Waals surface area contributed by atoms with E-state index in [2.05, 4.69) is 20.8 Å². The zero-order valence-corrected chi connectivity index (χ0v) is 25.1. The number of ether oxygens (including phenoxy) is 1. The highest BCUT2D eigenvalue weighted by atomic mass is 16.5. The highest BCUT2D eigenvalue weighted by molar-refractivity contribution is 5.99. The van der Waals surface area contributed by atoms with Crippen molar-refractivity contribution in [3.8, 4) is 0 Å². The number of amides is 4. The number of unbranched alkanes of at least 4 members (excludes halogenated alkanes) is 1. The van der Waals surface area contributed by atoms with Crippen LogP contribution in [0.15, 0.2) is 54.6 Å². The second-order valence-electron chi connectivity index (χ2n) is 11.4. The van der Waals surface area contributed by atoms with E-state index in [-0.39, 0.29) is 31.8 Å². The van der Waals surface area contributed by atoms with Crippen LogP contribution in [0, 0.1) is 6.57 Å². The van der Waals surface area contributed by atoms with Crippen molar-refractivity contribution < 1.29 is 28.7 Å². The van der Waals surface area contributed by atoms with Gasteiger partial charge < -0.3 is 25.6 Å². The number of hydrogen-bond acceptors (Lipinski definition) is 6. The van der Waals surface area contributed by atoms with E-state index < -0.39 is 47.4 Å². The molecule has 2 aliphatic heterocycles. The Morgan fingerprint density at radius 3 is 2.41 bits per heavy atom. The molecule has 0 unspecified atom stereocenters. The summed E-state index contributed by atoms with van der Waals surface area (Å²) in [6.07, 6.45) is 2.65. The minimum Gasteiger partial charge on any atom is -0.462 e. The fourth-order valence-corrected chi connectivity index (χ4v) is 5.44. The molecule has 0 saturated carbocycles. The fourth-order valence-electron chi connectivity index (χ4n) is 5.44. The number of esters is 1. The lowest BCUT2D eigenvalue weighted by atomic mass is 9.94. The number of carbonyl (C=O) groups is 5. The molecule has 3 N–H and O–H groups in total. The summed E-state index contributed by atoms with van der Waals surface area (Å²) in [5.74, 6) is -2.22. The molecule has 0 radical (unpaired) electrons. The zero-order chi connectivity index (χ0) is 31.7. The number of hydrogen-bond donors (Lipinski definition) is 3. The Balaban J connectivity index is 1.48. The summed E-state index contributed by atoms with van der Waals surface area (Å²) in [5, 5.41) is 8.53. The average Bonchev–Trinajstić information content (AvgIpc) is 3.53. The maximum absolute atomic E-state index is 13.9. The van der Waals surface area contributed by atoms with Crippen molar-refractivity contribution in [3.05, 3.63) is 77.1 Å². The molecular weight excluding hydrogens is 562 g/mol.